The summed E-state index contributed by atoms with van der Waals surface area (Å²) < 4.78 is 26.6. The Kier molecular flexibility index (Phi) is 4.31. The fourth-order valence-electron chi connectivity index (χ4n) is 1.45. The smallest absolute Gasteiger partial charge is 0.262 e. The predicted molar refractivity (Wildman–Crippen MR) is 78.2 cm³/mol. The second-order valence-electron chi connectivity index (χ2n) is 3.81. The second kappa shape index (κ2) is 5.84. The molecule has 0 spiro atoms. The van der Waals surface area contributed by atoms with Crippen molar-refractivity contribution in [2.24, 2.45) is 0 Å². The van der Waals surface area contributed by atoms with Crippen molar-refractivity contribution in [1.29, 1.82) is 0 Å². The number of hydrogen-bond acceptors (Lipinski definition) is 5. The summed E-state index contributed by atoms with van der Waals surface area (Å²) in [5.74, 6) is -0.0956. The van der Waals surface area contributed by atoms with Crippen LogP contribution in [0.3, 0.4) is 0 Å². The van der Waals surface area contributed by atoms with E-state index in [1.165, 1.54) is 18.3 Å². The van der Waals surface area contributed by atoms with E-state index in [9.17, 15) is 18.5 Å². The third-order valence-electron chi connectivity index (χ3n) is 2.40. The van der Waals surface area contributed by atoms with E-state index in [0.717, 1.165) is 18.2 Å². The molecule has 110 valence electrons. The Labute approximate surface area is 129 Å². The molecule has 0 bridgehead atoms. The summed E-state index contributed by atoms with van der Waals surface area (Å²) in [6.45, 7) is 0. The predicted octanol–water partition coefficient (Wildman–Crippen LogP) is 3.10. The lowest BCUT2D eigenvalue weighted by Crippen LogP contribution is -2.15. The molecule has 0 aliphatic rings. The van der Waals surface area contributed by atoms with Gasteiger partial charge in [0, 0.05) is 18.3 Å². The average Bonchev–Trinajstić information content (AvgIpc) is 2.41. The molecule has 21 heavy (non-hydrogen) atoms. The highest BCUT2D eigenvalue weighted by molar-refractivity contribution is 7.92. The third kappa shape index (κ3) is 3.41. The SMILES string of the molecule is O=[N+]([O-])c1ccc(Cl)c(S(=O)(=O)Nc2ncccc2Cl)c1. The Morgan fingerprint density at radius 2 is 1.90 bits per heavy atom. The number of benzene rings is 1. The molecule has 0 aliphatic heterocycles. The van der Waals surface area contributed by atoms with Crippen molar-refractivity contribution < 1.29 is 13.3 Å². The number of nitrogens with one attached hydrogen (secondary N) is 1. The first-order valence-corrected chi connectivity index (χ1v) is 7.62. The topological polar surface area (TPSA) is 102 Å². The minimum Gasteiger partial charge on any atom is -0.262 e. The van der Waals surface area contributed by atoms with E-state index in [1.807, 2.05) is 0 Å². The van der Waals surface area contributed by atoms with E-state index in [-0.39, 0.29) is 15.9 Å². The van der Waals surface area contributed by atoms with Crippen LogP contribution in [0.5, 0.6) is 0 Å². The zero-order valence-corrected chi connectivity index (χ0v) is 12.5. The third-order valence-corrected chi connectivity index (χ3v) is 4.53. The van der Waals surface area contributed by atoms with E-state index in [4.69, 9.17) is 23.2 Å². The van der Waals surface area contributed by atoms with Gasteiger partial charge in [-0.25, -0.2) is 13.4 Å². The van der Waals surface area contributed by atoms with Crippen molar-refractivity contribution in [2.45, 2.75) is 4.90 Å². The zero-order chi connectivity index (χ0) is 15.6. The van der Waals surface area contributed by atoms with Crippen molar-refractivity contribution in [3.63, 3.8) is 0 Å². The van der Waals surface area contributed by atoms with E-state index in [0.29, 0.717) is 0 Å². The summed E-state index contributed by atoms with van der Waals surface area (Å²) in [6, 6.07) is 6.08. The van der Waals surface area contributed by atoms with Crippen LogP contribution in [0.15, 0.2) is 41.4 Å². The molecule has 7 nitrogen and oxygen atoms in total. The summed E-state index contributed by atoms with van der Waals surface area (Å²) in [7, 11) is -4.16. The van der Waals surface area contributed by atoms with Gasteiger partial charge >= 0.3 is 0 Å². The van der Waals surface area contributed by atoms with E-state index >= 15 is 0 Å². The molecule has 1 N–H and O–H groups in total. The van der Waals surface area contributed by atoms with Crippen LogP contribution in [0.25, 0.3) is 0 Å². The summed E-state index contributed by atoms with van der Waals surface area (Å²) in [4.78, 5) is 13.3. The fraction of sp³-hybridized carbons (Fsp3) is 0. The number of halogens is 2. The van der Waals surface area contributed by atoms with Crippen LogP contribution in [0.2, 0.25) is 10.0 Å². The van der Waals surface area contributed by atoms with Crippen molar-refractivity contribution in [2.75, 3.05) is 4.72 Å². The minimum absolute atomic E-state index is 0.0858. The van der Waals surface area contributed by atoms with Gasteiger partial charge in [0.05, 0.1) is 15.0 Å². The number of aromatic nitrogens is 1. The first-order chi connectivity index (χ1) is 9.81. The molecule has 0 saturated carbocycles. The van der Waals surface area contributed by atoms with Gasteiger partial charge in [0.1, 0.15) is 4.90 Å². The summed E-state index contributed by atoms with van der Waals surface area (Å²) in [5.41, 5.74) is -0.396. The van der Waals surface area contributed by atoms with Gasteiger partial charge in [-0.05, 0) is 18.2 Å². The Balaban J connectivity index is 2.47. The molecule has 0 aliphatic carbocycles. The maximum Gasteiger partial charge on any atom is 0.270 e. The maximum atomic E-state index is 12.2. The maximum absolute atomic E-state index is 12.2. The fourth-order valence-corrected chi connectivity index (χ4v) is 3.23. The number of nitro benzene ring substituents is 1. The Bertz CT molecular complexity index is 811. The standard InChI is InChI=1S/C11H7Cl2N3O4S/c12-8-4-3-7(16(17)18)6-10(8)21(19,20)15-11-9(13)2-1-5-14-11/h1-6H,(H,14,15). The van der Waals surface area contributed by atoms with Crippen molar-refractivity contribution in [3.05, 3.63) is 56.7 Å². The molecule has 1 heterocycles. The molecule has 0 radical (unpaired) electrons. The second-order valence-corrected chi connectivity index (χ2v) is 6.28. The normalized spacial score (nSPS) is 11.1. The van der Waals surface area contributed by atoms with Gasteiger partial charge < -0.3 is 0 Å². The monoisotopic (exact) mass is 347 g/mol. The molecule has 2 aromatic rings. The number of hydrogen-bond donors (Lipinski definition) is 1. The molecule has 1 aromatic carbocycles. The lowest BCUT2D eigenvalue weighted by molar-refractivity contribution is -0.385. The highest BCUT2D eigenvalue weighted by Crippen LogP contribution is 2.28. The zero-order valence-electron chi connectivity index (χ0n) is 10.2. The number of anilines is 1. The minimum atomic E-state index is -4.16. The number of nitro groups is 1. The van der Waals surface area contributed by atoms with Crippen LogP contribution in [-0.4, -0.2) is 18.3 Å². The van der Waals surface area contributed by atoms with Crippen molar-refractivity contribution >= 4 is 44.7 Å². The Hall–Kier alpha value is -1.90. The molecule has 0 amide bonds. The quantitative estimate of drug-likeness (QED) is 0.676. The Morgan fingerprint density at radius 3 is 2.52 bits per heavy atom. The number of rotatable bonds is 4. The molecule has 1 aromatic heterocycles. The number of pyridine rings is 1. The van der Waals surface area contributed by atoms with Gasteiger partial charge in [-0.1, -0.05) is 23.2 Å². The van der Waals surface area contributed by atoms with Gasteiger partial charge in [0.15, 0.2) is 5.82 Å². The van der Waals surface area contributed by atoms with Gasteiger partial charge in [-0.2, -0.15) is 0 Å². The molecule has 0 unspecified atom stereocenters. The van der Waals surface area contributed by atoms with Gasteiger partial charge in [0.2, 0.25) is 0 Å². The lowest BCUT2D eigenvalue weighted by Gasteiger charge is -2.09. The van der Waals surface area contributed by atoms with E-state index < -0.39 is 25.5 Å². The molecular weight excluding hydrogens is 341 g/mol. The molecule has 10 heteroatoms. The summed E-state index contributed by atoms with van der Waals surface area (Å²) >= 11 is 11.6. The molecule has 0 fully saturated rings. The number of non-ortho nitro benzene ring substituents is 1. The summed E-state index contributed by atoms with van der Waals surface area (Å²) in [5, 5.41) is 10.7. The molecule has 2 rings (SSSR count). The summed E-state index contributed by atoms with van der Waals surface area (Å²) in [6.07, 6.45) is 1.35. The van der Waals surface area contributed by atoms with Crippen LogP contribution < -0.4 is 4.72 Å². The van der Waals surface area contributed by atoms with Crippen molar-refractivity contribution in [3.8, 4) is 0 Å². The Morgan fingerprint density at radius 1 is 1.19 bits per heavy atom. The lowest BCUT2D eigenvalue weighted by atomic mass is 10.3. The van der Waals surface area contributed by atoms with Gasteiger partial charge in [0.25, 0.3) is 15.7 Å². The molecule has 0 atom stereocenters. The first-order valence-electron chi connectivity index (χ1n) is 5.38. The van der Waals surface area contributed by atoms with Crippen LogP contribution in [0.4, 0.5) is 11.5 Å². The van der Waals surface area contributed by atoms with Crippen molar-refractivity contribution in [1.82, 2.24) is 4.98 Å². The first kappa shape index (κ1) is 15.5. The van der Waals surface area contributed by atoms with Gasteiger partial charge in [-0.15, -0.1) is 0 Å². The van der Waals surface area contributed by atoms with Crippen LogP contribution in [0, 0.1) is 10.1 Å². The molecular formula is C11H7Cl2N3O4S. The average molecular weight is 348 g/mol. The molecule has 0 saturated heterocycles. The van der Waals surface area contributed by atoms with E-state index in [1.54, 1.807) is 0 Å². The highest BCUT2D eigenvalue weighted by Gasteiger charge is 2.22. The number of sulfonamides is 1. The van der Waals surface area contributed by atoms with Gasteiger partial charge in [-0.3, -0.25) is 14.8 Å². The largest absolute Gasteiger partial charge is 0.270 e. The van der Waals surface area contributed by atoms with Crippen LogP contribution in [0.1, 0.15) is 0 Å². The van der Waals surface area contributed by atoms with Crippen LogP contribution in [-0.2, 0) is 10.0 Å². The number of nitrogens with zero attached hydrogens (tertiary/aromatic N) is 2. The highest BCUT2D eigenvalue weighted by atomic mass is 35.5. The van der Waals surface area contributed by atoms with E-state index in [2.05, 4.69) is 9.71 Å². The van der Waals surface area contributed by atoms with Crippen LogP contribution >= 0.6 is 23.2 Å².